The van der Waals surface area contributed by atoms with Crippen LogP contribution in [-0.2, 0) is 23.8 Å². The van der Waals surface area contributed by atoms with E-state index in [2.05, 4.69) is 35.0 Å². The van der Waals surface area contributed by atoms with Gasteiger partial charge in [-0.25, -0.2) is 14.4 Å². The molecule has 0 unspecified atom stereocenters. The zero-order valence-corrected chi connectivity index (χ0v) is 16.3. The maximum absolute atomic E-state index is 13.4. The Morgan fingerprint density at radius 2 is 1.93 bits per heavy atom. The van der Waals surface area contributed by atoms with Gasteiger partial charge in [-0.3, -0.25) is 0 Å². The lowest BCUT2D eigenvalue weighted by Gasteiger charge is -2.28. The second-order valence-corrected chi connectivity index (χ2v) is 6.42. The quantitative estimate of drug-likeness (QED) is 0.270. The average Bonchev–Trinajstić information content (AvgIpc) is 2.63. The van der Waals surface area contributed by atoms with Gasteiger partial charge in [-0.1, -0.05) is 15.9 Å². The first-order valence-corrected chi connectivity index (χ1v) is 8.63. The van der Waals surface area contributed by atoms with Crippen LogP contribution in [0.1, 0.15) is 11.1 Å². The van der Waals surface area contributed by atoms with Crippen LogP contribution in [0.25, 0.3) is 6.08 Å². The molecule has 1 atom stereocenters. The maximum Gasteiger partial charge on any atom is 0.511 e. The van der Waals surface area contributed by atoms with E-state index < -0.39 is 36.8 Å². The molecule has 1 aliphatic heterocycles. The summed E-state index contributed by atoms with van der Waals surface area (Å²) in [7, 11) is 0. The molecular formula is C16H14BrF3NO8+. The summed E-state index contributed by atoms with van der Waals surface area (Å²) in [4.78, 5) is 37.3. The van der Waals surface area contributed by atoms with Crippen LogP contribution in [0.15, 0.2) is 22.2 Å². The fourth-order valence-corrected chi connectivity index (χ4v) is 2.91. The van der Waals surface area contributed by atoms with Gasteiger partial charge >= 0.3 is 18.3 Å². The molecule has 0 radical (unpaired) electrons. The second-order valence-electron chi connectivity index (χ2n) is 5.50. The van der Waals surface area contributed by atoms with Crippen molar-refractivity contribution in [3.05, 3.63) is 38.2 Å². The highest BCUT2D eigenvalue weighted by atomic mass is 79.9. The van der Waals surface area contributed by atoms with Crippen LogP contribution in [0, 0.1) is 11.8 Å². The van der Waals surface area contributed by atoms with Crippen molar-refractivity contribution < 1.29 is 51.9 Å². The van der Waals surface area contributed by atoms with E-state index in [0.29, 0.717) is 10.0 Å². The molecule has 1 aromatic carbocycles. The number of carbonyl (C=O) groups is 2. The number of halogens is 4. The zero-order chi connectivity index (χ0) is 21.6. The van der Waals surface area contributed by atoms with Gasteiger partial charge in [0.25, 0.3) is 0 Å². The summed E-state index contributed by atoms with van der Waals surface area (Å²) in [6.07, 6.45) is -7.72. The first-order valence-electron chi connectivity index (χ1n) is 7.84. The number of hydrogen-bond donors (Lipinski definition) is 1. The number of nitrogens with one attached hydrogen (secondary N) is 1. The molecule has 29 heavy (non-hydrogen) atoms. The SMILES string of the molecule is Cc1cc(Br)cc2c1O[C@H](C(F)(F)F)C(C(=O)OCOC(=O)OCCO[NH+]=O)=C2. The Morgan fingerprint density at radius 1 is 1.21 bits per heavy atom. The predicted octanol–water partition coefficient (Wildman–Crippen LogP) is 1.90. The summed E-state index contributed by atoms with van der Waals surface area (Å²) in [6.45, 7) is -0.0527. The van der Waals surface area contributed by atoms with Gasteiger partial charge in [-0.15, -0.1) is 0 Å². The lowest BCUT2D eigenvalue weighted by atomic mass is 9.99. The Labute approximate surface area is 169 Å². The molecule has 0 amide bonds. The Kier molecular flexibility index (Phi) is 7.42. The van der Waals surface area contributed by atoms with Gasteiger partial charge in [-0.2, -0.15) is 13.2 Å². The van der Waals surface area contributed by atoms with Crippen molar-refractivity contribution in [2.24, 2.45) is 0 Å². The summed E-state index contributed by atoms with van der Waals surface area (Å²) in [5.74, 6) is -1.40. The molecule has 1 aromatic rings. The topological polar surface area (TPSA) is 111 Å². The molecule has 0 aliphatic carbocycles. The third-order valence-electron chi connectivity index (χ3n) is 3.46. The molecule has 0 aromatic heterocycles. The summed E-state index contributed by atoms with van der Waals surface area (Å²) >= 11 is 3.22. The Bertz CT molecular complexity index is 827. The summed E-state index contributed by atoms with van der Waals surface area (Å²) < 4.78 is 59.2. The minimum atomic E-state index is -4.89. The highest BCUT2D eigenvalue weighted by Crippen LogP contribution is 2.40. The van der Waals surface area contributed by atoms with Gasteiger partial charge in [0.1, 0.15) is 12.4 Å². The number of carbonyl (C=O) groups excluding carboxylic acids is 2. The average molecular weight is 485 g/mol. The van der Waals surface area contributed by atoms with Crippen LogP contribution < -0.4 is 10.1 Å². The van der Waals surface area contributed by atoms with Gasteiger partial charge in [0.05, 0.1) is 10.5 Å². The molecule has 0 saturated heterocycles. The highest BCUT2D eigenvalue weighted by Gasteiger charge is 2.49. The van der Waals surface area contributed by atoms with E-state index in [4.69, 9.17) is 4.74 Å². The number of alkyl halides is 3. The van der Waals surface area contributed by atoms with Crippen LogP contribution in [0.4, 0.5) is 18.0 Å². The van der Waals surface area contributed by atoms with Gasteiger partial charge in [-0.05, 0) is 30.7 Å². The Balaban J connectivity index is 2.06. The fraction of sp³-hybridized carbons (Fsp3) is 0.375. The van der Waals surface area contributed by atoms with E-state index in [1.807, 2.05) is 0 Å². The number of ether oxygens (including phenoxy) is 4. The van der Waals surface area contributed by atoms with Gasteiger partial charge in [0, 0.05) is 10.0 Å². The van der Waals surface area contributed by atoms with E-state index in [9.17, 15) is 27.7 Å². The first kappa shape index (κ1) is 22.5. The van der Waals surface area contributed by atoms with Crippen LogP contribution in [0.3, 0.4) is 0 Å². The van der Waals surface area contributed by atoms with Crippen molar-refractivity contribution >= 4 is 34.1 Å². The summed E-state index contributed by atoms with van der Waals surface area (Å²) in [5.41, 5.74) is -0.124. The van der Waals surface area contributed by atoms with Crippen molar-refractivity contribution in [1.29, 1.82) is 0 Å². The summed E-state index contributed by atoms with van der Waals surface area (Å²) in [5, 5.41) is 1.10. The van der Waals surface area contributed by atoms with Crippen LogP contribution in [-0.4, -0.2) is 44.4 Å². The van der Waals surface area contributed by atoms with Gasteiger partial charge < -0.3 is 18.9 Å². The standard InChI is InChI=1S/C16H14BrF3NO8/c1-8-4-10(17)5-9-6-11(13(16(18,19)20)29-12(8)9)14(22)26-7-27-15(23)25-2-3-28-21-24/h4-6,13,21H,2-3,7H2,1H3/q+1/t13-/m0/s1. The molecule has 1 heterocycles. The molecule has 1 aliphatic rings. The number of esters is 1. The second kappa shape index (κ2) is 9.58. The molecule has 2 rings (SSSR count). The van der Waals surface area contributed by atoms with Crippen LogP contribution in [0.2, 0.25) is 0 Å². The van der Waals surface area contributed by atoms with Gasteiger partial charge in [0.15, 0.2) is 6.61 Å². The lowest BCUT2D eigenvalue weighted by molar-refractivity contribution is -0.770. The highest BCUT2D eigenvalue weighted by molar-refractivity contribution is 9.10. The third-order valence-corrected chi connectivity index (χ3v) is 3.92. The smallest absolute Gasteiger partial charge is 0.475 e. The zero-order valence-electron chi connectivity index (χ0n) is 14.7. The lowest BCUT2D eigenvalue weighted by Crippen LogP contribution is -2.63. The maximum atomic E-state index is 13.4. The number of benzene rings is 1. The summed E-state index contributed by atoms with van der Waals surface area (Å²) in [6, 6.07) is 3.05. The van der Waals surface area contributed by atoms with E-state index in [1.165, 1.54) is 6.07 Å². The van der Waals surface area contributed by atoms with E-state index in [1.54, 1.807) is 13.0 Å². The van der Waals surface area contributed by atoms with E-state index >= 15 is 0 Å². The molecule has 1 N–H and O–H groups in total. The monoisotopic (exact) mass is 484 g/mol. The Hall–Kier alpha value is -2.83. The number of aryl methyl sites for hydroxylation is 1. The third kappa shape index (κ3) is 6.07. The number of hydrogen-bond acceptors (Lipinski definition) is 8. The largest absolute Gasteiger partial charge is 0.511 e. The molecular weight excluding hydrogens is 471 g/mol. The minimum absolute atomic E-state index is 0.0123. The van der Waals surface area contributed by atoms with Gasteiger partial charge in [0.2, 0.25) is 18.2 Å². The number of rotatable bonds is 7. The minimum Gasteiger partial charge on any atom is -0.475 e. The van der Waals surface area contributed by atoms with Crippen molar-refractivity contribution in [2.45, 2.75) is 19.2 Å². The molecule has 158 valence electrons. The van der Waals surface area contributed by atoms with Crippen molar-refractivity contribution in [3.63, 3.8) is 0 Å². The molecule has 0 spiro atoms. The molecule has 9 nitrogen and oxygen atoms in total. The predicted molar refractivity (Wildman–Crippen MR) is 91.0 cm³/mol. The molecule has 0 fully saturated rings. The van der Waals surface area contributed by atoms with E-state index in [0.717, 1.165) is 11.4 Å². The van der Waals surface area contributed by atoms with Crippen LogP contribution >= 0.6 is 15.9 Å². The normalized spacial score (nSPS) is 15.3. The first-order chi connectivity index (χ1) is 13.6. The van der Waals surface area contributed by atoms with Crippen molar-refractivity contribution in [3.8, 4) is 5.75 Å². The van der Waals surface area contributed by atoms with E-state index in [-0.39, 0.29) is 24.5 Å². The molecule has 0 saturated carbocycles. The number of fused-ring (bicyclic) bond motifs is 1. The molecule has 13 heteroatoms. The molecule has 0 bridgehead atoms. The van der Waals surface area contributed by atoms with Crippen molar-refractivity contribution in [1.82, 2.24) is 0 Å². The van der Waals surface area contributed by atoms with Crippen LogP contribution in [0.5, 0.6) is 5.75 Å². The van der Waals surface area contributed by atoms with Crippen molar-refractivity contribution in [2.75, 3.05) is 20.0 Å². The Morgan fingerprint density at radius 3 is 2.59 bits per heavy atom. The fourth-order valence-electron chi connectivity index (χ4n) is 2.32.